The third-order valence-electron chi connectivity index (χ3n) is 18.9. The average molecular weight is 1300 g/mol. The van der Waals surface area contributed by atoms with Gasteiger partial charge in [0, 0.05) is 39.4 Å². The van der Waals surface area contributed by atoms with E-state index in [9.17, 15) is 0 Å². The molecule has 7 aromatic heterocycles. The van der Waals surface area contributed by atoms with Gasteiger partial charge in [-0.1, -0.05) is 194 Å². The number of nitrogens with zero attached hydrogens (tertiary/aromatic N) is 16. The number of hydrogen-bond donors (Lipinski definition) is 0. The summed E-state index contributed by atoms with van der Waals surface area (Å²) in [5, 5.41) is 3.27. The van der Waals surface area contributed by atoms with E-state index in [2.05, 4.69) is 192 Å². The molecule has 468 valence electrons. The second-order valence-corrected chi connectivity index (χ2v) is 28.2. The Bertz CT molecular complexity index is 5840. The van der Waals surface area contributed by atoms with Gasteiger partial charge in [0.2, 0.25) is 23.3 Å². The van der Waals surface area contributed by atoms with Crippen molar-refractivity contribution in [1.29, 1.82) is 0 Å². The normalized spacial score (nSPS) is 12.5. The Balaban J connectivity index is 0.838. The van der Waals surface area contributed by atoms with E-state index in [4.69, 9.17) is 54.8 Å². The van der Waals surface area contributed by atoms with Crippen LogP contribution in [0.3, 0.4) is 0 Å². The molecule has 17 heteroatoms. The molecule has 0 N–H and O–H groups in total. The second-order valence-electron chi connectivity index (χ2n) is 24.7. The zero-order chi connectivity index (χ0) is 65.8. The summed E-state index contributed by atoms with van der Waals surface area (Å²) in [5.74, 6) is 5.47. The van der Waals surface area contributed by atoms with E-state index in [0.29, 0.717) is 58.2 Å². The predicted molar refractivity (Wildman–Crippen MR) is 396 cm³/mol. The van der Waals surface area contributed by atoms with Gasteiger partial charge in [0.1, 0.15) is 5.82 Å². The summed E-state index contributed by atoms with van der Waals surface area (Å²) in [5.41, 5.74) is 14.9. The lowest BCUT2D eigenvalue weighted by molar-refractivity contribution is 0.981. The third kappa shape index (κ3) is 8.89. The highest BCUT2D eigenvalue weighted by Gasteiger charge is 2.51. The zero-order valence-electron chi connectivity index (χ0n) is 53.2. The molecule has 0 spiro atoms. The van der Waals surface area contributed by atoms with Gasteiger partial charge in [0.05, 0.1) is 55.2 Å². The van der Waals surface area contributed by atoms with Gasteiger partial charge in [-0.05, 0) is 137 Å². The van der Waals surface area contributed by atoms with Crippen LogP contribution in [0, 0.1) is 0 Å². The molecule has 0 aliphatic carbocycles. The number of aromatic nitrogens is 16. The minimum atomic E-state index is -3.63. The molecule has 0 atom stereocenters. The minimum Gasteiger partial charge on any atom is -0.339 e. The topological polar surface area (TPSA) is 166 Å². The summed E-state index contributed by atoms with van der Waals surface area (Å²) in [4.78, 5) is 60.0. The molecule has 0 saturated heterocycles. The number of para-hydroxylation sites is 14. The molecular formula is C83H52N16Si. The molecule has 16 nitrogen and oxygen atoms in total. The third-order valence-corrected chi connectivity index (χ3v) is 23.5. The monoisotopic (exact) mass is 1300 g/mol. The van der Waals surface area contributed by atoms with Crippen molar-refractivity contribution in [3.8, 4) is 104 Å². The Kier molecular flexibility index (Phi) is 12.8. The van der Waals surface area contributed by atoms with Crippen LogP contribution in [0.1, 0.15) is 0 Å². The van der Waals surface area contributed by atoms with Crippen molar-refractivity contribution in [1.82, 2.24) is 77.3 Å². The summed E-state index contributed by atoms with van der Waals surface area (Å²) >= 11 is 0. The molecule has 20 rings (SSSR count). The van der Waals surface area contributed by atoms with Crippen LogP contribution in [0.25, 0.3) is 159 Å². The maximum absolute atomic E-state index is 5.55. The van der Waals surface area contributed by atoms with E-state index in [1.807, 2.05) is 146 Å². The first-order valence-corrected chi connectivity index (χ1v) is 35.0. The van der Waals surface area contributed by atoms with Gasteiger partial charge in [0.15, 0.2) is 34.9 Å². The van der Waals surface area contributed by atoms with Gasteiger partial charge in [-0.2, -0.15) is 0 Å². The molecule has 1 aliphatic heterocycles. The van der Waals surface area contributed by atoms with Crippen molar-refractivity contribution < 1.29 is 0 Å². The van der Waals surface area contributed by atoms with E-state index in [0.717, 1.165) is 116 Å². The van der Waals surface area contributed by atoms with Crippen molar-refractivity contribution in [3.05, 3.63) is 315 Å². The fourth-order valence-electron chi connectivity index (χ4n) is 14.6. The summed E-state index contributed by atoms with van der Waals surface area (Å²) in [7, 11) is -3.63. The number of hydrogen-bond acceptors (Lipinski definition) is 11. The van der Waals surface area contributed by atoms with Crippen LogP contribution in [0.15, 0.2) is 315 Å². The maximum Gasteiger partial charge on any atom is 0.259 e. The van der Waals surface area contributed by atoms with Crippen LogP contribution in [-0.4, -0.2) is 85.6 Å². The molecule has 1 aliphatic rings. The van der Waals surface area contributed by atoms with Crippen LogP contribution >= 0.6 is 0 Å². The van der Waals surface area contributed by atoms with Gasteiger partial charge in [0.25, 0.3) is 8.24 Å². The Labute approximate surface area is 572 Å². The van der Waals surface area contributed by atoms with Crippen molar-refractivity contribution >= 4 is 79.0 Å². The van der Waals surface area contributed by atoms with Gasteiger partial charge in [-0.3, -0.25) is 18.3 Å². The predicted octanol–water partition coefficient (Wildman–Crippen LogP) is 15.3. The van der Waals surface area contributed by atoms with Gasteiger partial charge >= 0.3 is 0 Å². The van der Waals surface area contributed by atoms with Crippen molar-refractivity contribution in [2.75, 3.05) is 0 Å². The summed E-state index contributed by atoms with van der Waals surface area (Å²) in [6.45, 7) is 0. The lowest BCUT2D eigenvalue weighted by Crippen LogP contribution is -2.70. The van der Waals surface area contributed by atoms with E-state index in [1.165, 1.54) is 0 Å². The molecule has 0 amide bonds. The zero-order valence-corrected chi connectivity index (χ0v) is 54.2. The van der Waals surface area contributed by atoms with E-state index >= 15 is 0 Å². The summed E-state index contributed by atoms with van der Waals surface area (Å²) < 4.78 is 11.0. The largest absolute Gasteiger partial charge is 0.339 e. The molecule has 0 radical (unpaired) electrons. The molecule has 8 heterocycles. The van der Waals surface area contributed by atoms with Crippen LogP contribution < -0.4 is 15.6 Å². The standard InChI is InChI=1S/C83H52N16Si/c1-5-29-55(30-6-1)95-67-45-19-14-40-62(67)85-80(95)75-89-73(90-76(93-75)81-86-63-41-15-20-46-68(63)96(81)56-31-7-2-8-32-56)53-27-25-37-59(51-53)100(72-50-24-13-39-61(72)79-84-66-44-18-23-49-71(66)99(79)100)60-38-26-28-54(52-60)74-91-77(82-87-64-42-16-21-47-69(64)97(82)57-33-9-3-10-34-57)94-78(92-74)83-88-65-43-17-22-48-70(65)98(83)58-35-11-4-12-36-58/h1-52H. The van der Waals surface area contributed by atoms with Crippen LogP contribution in [0.4, 0.5) is 0 Å². The first-order chi connectivity index (χ1) is 49.6. The fraction of sp³-hybridized carbons (Fsp3) is 0. The molecule has 100 heavy (non-hydrogen) atoms. The molecule has 0 bridgehead atoms. The number of fused-ring (bicyclic) bond motifs is 9. The van der Waals surface area contributed by atoms with E-state index < -0.39 is 8.24 Å². The number of rotatable bonds is 12. The molecule has 0 saturated carbocycles. The SMILES string of the molecule is c1ccc(-n2c(-c3nc(-c4cccc([Si]5(c6cccc(-c7nc(-c8nc9ccccc9n8-c8ccccc8)nc(-c8nc9ccccc9n8-c8ccccc8)n7)c6)c6ccccc6-c6nc7ccccc7n65)c4)nc(-c4nc5ccccc5n4-c4ccccc4)n3)nc3ccccc32)cc1. The number of benzene rings is 12. The Morgan fingerprint density at radius 3 is 0.850 bits per heavy atom. The van der Waals surface area contributed by atoms with E-state index in [-0.39, 0.29) is 0 Å². The Hall–Kier alpha value is -13.8. The van der Waals surface area contributed by atoms with Crippen molar-refractivity contribution in [2.45, 2.75) is 0 Å². The molecular weight excluding hydrogens is 1250 g/mol. The molecule has 0 fully saturated rings. The Morgan fingerprint density at radius 1 is 0.210 bits per heavy atom. The fourth-order valence-corrected chi connectivity index (χ4v) is 19.7. The quantitative estimate of drug-likeness (QED) is 0.107. The average Bonchev–Trinajstić information content (AvgIpc) is 1.51. The van der Waals surface area contributed by atoms with E-state index in [1.54, 1.807) is 0 Å². The maximum atomic E-state index is 5.55. The first-order valence-electron chi connectivity index (χ1n) is 33.0. The second kappa shape index (κ2) is 22.7. The van der Waals surface area contributed by atoms with Gasteiger partial charge < -0.3 is 4.23 Å². The van der Waals surface area contributed by atoms with Crippen LogP contribution in [0.2, 0.25) is 0 Å². The van der Waals surface area contributed by atoms with Gasteiger partial charge in [-0.25, -0.2) is 54.8 Å². The lowest BCUT2D eigenvalue weighted by atomic mass is 10.2. The summed E-state index contributed by atoms with van der Waals surface area (Å²) in [6.07, 6.45) is 0. The Morgan fingerprint density at radius 2 is 0.490 bits per heavy atom. The molecule has 12 aromatic carbocycles. The molecule has 19 aromatic rings. The smallest absolute Gasteiger partial charge is 0.259 e. The first kappa shape index (κ1) is 56.6. The highest BCUT2D eigenvalue weighted by molar-refractivity contribution is 7.12. The minimum absolute atomic E-state index is 0.376. The highest BCUT2D eigenvalue weighted by Crippen LogP contribution is 2.39. The molecule has 0 unspecified atom stereocenters. The van der Waals surface area contributed by atoms with Crippen molar-refractivity contribution in [3.63, 3.8) is 0 Å². The number of imidazole rings is 5. The summed E-state index contributed by atoms with van der Waals surface area (Å²) in [6, 6.07) is 108. The lowest BCUT2D eigenvalue weighted by Gasteiger charge is -2.32. The van der Waals surface area contributed by atoms with Crippen molar-refractivity contribution in [2.24, 2.45) is 0 Å². The highest BCUT2D eigenvalue weighted by atomic mass is 28.3. The van der Waals surface area contributed by atoms with Gasteiger partial charge in [-0.15, -0.1) is 0 Å². The van der Waals surface area contributed by atoms with Crippen LogP contribution in [0.5, 0.6) is 0 Å². The van der Waals surface area contributed by atoms with Crippen LogP contribution in [-0.2, 0) is 0 Å².